The van der Waals surface area contributed by atoms with Gasteiger partial charge in [-0.05, 0) is 61.0 Å². The van der Waals surface area contributed by atoms with E-state index in [-0.39, 0.29) is 10.8 Å². The highest BCUT2D eigenvalue weighted by atomic mass is 32.2. The van der Waals surface area contributed by atoms with E-state index in [1.54, 1.807) is 35.6 Å². The number of carbonyl (C=O) groups excluding carboxylic acids is 1. The number of carbonyl (C=O) groups is 1. The molecule has 1 aromatic carbocycles. The van der Waals surface area contributed by atoms with Crippen molar-refractivity contribution in [3.05, 3.63) is 46.2 Å². The molecule has 2 aromatic rings. The van der Waals surface area contributed by atoms with Crippen LogP contribution in [0.5, 0.6) is 0 Å². The van der Waals surface area contributed by atoms with E-state index in [4.69, 9.17) is 0 Å². The number of hydrogen-bond donors (Lipinski definition) is 2. The van der Waals surface area contributed by atoms with Crippen molar-refractivity contribution in [1.82, 2.24) is 4.31 Å². The highest BCUT2D eigenvalue weighted by Crippen LogP contribution is 2.22. The maximum absolute atomic E-state index is 12.5. The average molecular weight is 409 g/mol. The van der Waals surface area contributed by atoms with Gasteiger partial charge in [-0.2, -0.15) is 4.31 Å². The molecule has 1 aliphatic rings. The summed E-state index contributed by atoms with van der Waals surface area (Å²) in [7, 11) is -1.43. The average Bonchev–Trinajstić information content (AvgIpc) is 3.28. The molecule has 1 aliphatic heterocycles. The molecule has 0 radical (unpaired) electrons. The lowest BCUT2D eigenvalue weighted by Crippen LogP contribution is -3.08. The van der Waals surface area contributed by atoms with Gasteiger partial charge < -0.3 is 10.2 Å². The molecule has 1 unspecified atom stereocenters. The zero-order valence-corrected chi connectivity index (χ0v) is 17.3. The van der Waals surface area contributed by atoms with Crippen molar-refractivity contribution in [2.45, 2.75) is 31.2 Å². The van der Waals surface area contributed by atoms with Crippen LogP contribution in [0, 0.1) is 6.92 Å². The Bertz CT molecular complexity index is 885. The summed E-state index contributed by atoms with van der Waals surface area (Å²) < 4.78 is 26.6. The molecule has 1 aromatic heterocycles. The van der Waals surface area contributed by atoms with Crippen LogP contribution in [0.2, 0.25) is 0 Å². The minimum absolute atomic E-state index is 0.0862. The number of likely N-dealkylation sites (N-methyl/N-ethyl adjacent to an activating group) is 1. The van der Waals surface area contributed by atoms with Crippen LogP contribution in [-0.4, -0.2) is 45.3 Å². The Morgan fingerprint density at radius 2 is 1.85 bits per heavy atom. The second kappa shape index (κ2) is 8.52. The van der Waals surface area contributed by atoms with Crippen LogP contribution in [0.3, 0.4) is 0 Å². The number of thiophene rings is 1. The topological polar surface area (TPSA) is 70.9 Å². The predicted octanol–water partition coefficient (Wildman–Crippen LogP) is 1.49. The molecule has 0 bridgehead atoms. The lowest BCUT2D eigenvalue weighted by Gasteiger charge is -2.16. The van der Waals surface area contributed by atoms with Crippen molar-refractivity contribution in [3.63, 3.8) is 0 Å². The van der Waals surface area contributed by atoms with Crippen molar-refractivity contribution in [2.24, 2.45) is 0 Å². The van der Waals surface area contributed by atoms with Gasteiger partial charge in [0.25, 0.3) is 5.91 Å². The summed E-state index contributed by atoms with van der Waals surface area (Å²) in [5, 5.41) is 4.92. The van der Waals surface area contributed by atoms with Gasteiger partial charge in [-0.15, -0.1) is 11.3 Å². The number of amides is 1. The van der Waals surface area contributed by atoms with Gasteiger partial charge in [0.2, 0.25) is 10.0 Å². The maximum atomic E-state index is 12.5. The second-order valence-corrected chi connectivity index (χ2v) is 9.96. The highest BCUT2D eigenvalue weighted by Gasteiger charge is 2.27. The Kier molecular flexibility index (Phi) is 6.31. The summed E-state index contributed by atoms with van der Waals surface area (Å²) in [5.74, 6) is -0.0862. The molecule has 146 valence electrons. The third-order valence-corrected chi connectivity index (χ3v) is 7.67. The predicted molar refractivity (Wildman–Crippen MR) is 108 cm³/mol. The van der Waals surface area contributed by atoms with E-state index in [1.165, 1.54) is 14.7 Å². The molecule has 6 nitrogen and oxygen atoms in total. The minimum Gasteiger partial charge on any atom is -0.325 e. The summed E-state index contributed by atoms with van der Waals surface area (Å²) in [5.41, 5.74) is 1.87. The summed E-state index contributed by atoms with van der Waals surface area (Å²) in [6.07, 6.45) is 1.82. The van der Waals surface area contributed by atoms with Crippen LogP contribution in [-0.2, 0) is 21.4 Å². The third-order valence-electron chi connectivity index (χ3n) is 4.73. The Labute approximate surface area is 164 Å². The molecule has 0 aliphatic carbocycles. The number of nitrogens with one attached hydrogen (secondary N) is 2. The monoisotopic (exact) mass is 408 g/mol. The van der Waals surface area contributed by atoms with Crippen molar-refractivity contribution in [1.29, 1.82) is 0 Å². The molecule has 1 saturated heterocycles. The van der Waals surface area contributed by atoms with Crippen LogP contribution in [0.1, 0.15) is 23.3 Å². The van der Waals surface area contributed by atoms with Crippen molar-refractivity contribution in [3.8, 4) is 0 Å². The molecule has 1 amide bonds. The van der Waals surface area contributed by atoms with Crippen molar-refractivity contribution < 1.29 is 18.1 Å². The molecule has 0 saturated carbocycles. The van der Waals surface area contributed by atoms with Crippen LogP contribution in [0.4, 0.5) is 5.69 Å². The Morgan fingerprint density at radius 3 is 2.44 bits per heavy atom. The van der Waals surface area contributed by atoms with Gasteiger partial charge in [0, 0.05) is 18.8 Å². The molecule has 1 atom stereocenters. The number of sulfonamides is 1. The van der Waals surface area contributed by atoms with Crippen molar-refractivity contribution in [2.75, 3.05) is 32.0 Å². The number of rotatable bonds is 7. The van der Waals surface area contributed by atoms with E-state index >= 15 is 0 Å². The Hall–Kier alpha value is -1.74. The molecule has 1 fully saturated rings. The van der Waals surface area contributed by atoms with Gasteiger partial charge in [0.05, 0.1) is 16.8 Å². The molecular formula is C19H26N3O3S2+. The fraction of sp³-hybridized carbons (Fsp3) is 0.421. The van der Waals surface area contributed by atoms with E-state index in [9.17, 15) is 13.2 Å². The lowest BCUT2D eigenvalue weighted by molar-refractivity contribution is -0.884. The van der Waals surface area contributed by atoms with Gasteiger partial charge in [0.15, 0.2) is 6.54 Å². The quantitative estimate of drug-likeness (QED) is 0.729. The van der Waals surface area contributed by atoms with Gasteiger partial charge in [-0.25, -0.2) is 8.42 Å². The summed E-state index contributed by atoms with van der Waals surface area (Å²) in [4.78, 5) is 14.9. The molecule has 2 heterocycles. The van der Waals surface area contributed by atoms with Gasteiger partial charge >= 0.3 is 0 Å². The van der Waals surface area contributed by atoms with Crippen LogP contribution in [0.15, 0.2) is 40.6 Å². The summed E-state index contributed by atoms with van der Waals surface area (Å²) in [6.45, 7) is 4.41. The van der Waals surface area contributed by atoms with E-state index in [0.29, 0.717) is 25.3 Å². The lowest BCUT2D eigenvalue weighted by atomic mass is 10.3. The fourth-order valence-electron chi connectivity index (χ4n) is 3.19. The number of anilines is 1. The Balaban J connectivity index is 1.56. The SMILES string of the molecule is Cc1ccsc1C[NH+](C)CC(=O)Nc1ccc(S(=O)(=O)N2CCCC2)cc1. The largest absolute Gasteiger partial charge is 0.325 e. The number of quaternary nitrogens is 1. The fourth-order valence-corrected chi connectivity index (χ4v) is 5.73. The molecule has 2 N–H and O–H groups in total. The second-order valence-electron chi connectivity index (χ2n) is 7.02. The first-order valence-electron chi connectivity index (χ1n) is 9.10. The summed E-state index contributed by atoms with van der Waals surface area (Å²) >= 11 is 1.71. The number of benzene rings is 1. The molecule has 27 heavy (non-hydrogen) atoms. The summed E-state index contributed by atoms with van der Waals surface area (Å²) in [6, 6.07) is 8.52. The zero-order chi connectivity index (χ0) is 19.4. The van der Waals surface area contributed by atoms with E-state index < -0.39 is 10.0 Å². The van der Waals surface area contributed by atoms with Crippen molar-refractivity contribution >= 4 is 33.0 Å². The number of nitrogens with zero attached hydrogens (tertiary/aromatic N) is 1. The molecule has 0 spiro atoms. The normalized spacial score (nSPS) is 16.4. The standard InChI is InChI=1S/C19H25N3O3S2/c1-15-9-12-26-18(15)13-21(2)14-19(23)20-16-5-7-17(8-6-16)27(24,25)22-10-3-4-11-22/h5-9,12H,3-4,10-11,13-14H2,1-2H3,(H,20,23)/p+1. The number of aryl methyl sites for hydroxylation is 1. The van der Waals surface area contributed by atoms with Crippen LogP contribution >= 0.6 is 11.3 Å². The van der Waals surface area contributed by atoms with Gasteiger partial charge in [-0.1, -0.05) is 0 Å². The molecular weight excluding hydrogens is 382 g/mol. The first-order chi connectivity index (χ1) is 12.9. The van der Waals surface area contributed by atoms with E-state index in [1.807, 2.05) is 7.05 Å². The first kappa shape index (κ1) is 20.0. The van der Waals surface area contributed by atoms with E-state index in [0.717, 1.165) is 24.3 Å². The van der Waals surface area contributed by atoms with Crippen LogP contribution in [0.25, 0.3) is 0 Å². The maximum Gasteiger partial charge on any atom is 0.279 e. The Morgan fingerprint density at radius 1 is 1.19 bits per heavy atom. The molecule has 3 rings (SSSR count). The third kappa shape index (κ3) is 4.95. The highest BCUT2D eigenvalue weighted by molar-refractivity contribution is 7.89. The zero-order valence-electron chi connectivity index (χ0n) is 15.7. The van der Waals surface area contributed by atoms with Gasteiger partial charge in [-0.3, -0.25) is 4.79 Å². The first-order valence-corrected chi connectivity index (χ1v) is 11.4. The van der Waals surface area contributed by atoms with Crippen LogP contribution < -0.4 is 10.2 Å². The smallest absolute Gasteiger partial charge is 0.279 e. The minimum atomic E-state index is -3.42. The number of hydrogen-bond acceptors (Lipinski definition) is 4. The van der Waals surface area contributed by atoms with Gasteiger partial charge in [0.1, 0.15) is 6.54 Å². The molecule has 8 heteroatoms. The van der Waals surface area contributed by atoms with E-state index in [2.05, 4.69) is 23.7 Å².